The van der Waals surface area contributed by atoms with E-state index >= 15 is 0 Å². The number of benzene rings is 2. The molecule has 210 valence electrons. The monoisotopic (exact) mass is 532 g/mol. The van der Waals surface area contributed by atoms with E-state index in [0.717, 1.165) is 88.9 Å². The molecule has 2 aromatic rings. The number of carbonyl (C=O) groups is 2. The minimum atomic E-state index is 0.0562. The van der Waals surface area contributed by atoms with Crippen LogP contribution in [0.3, 0.4) is 0 Å². The lowest BCUT2D eigenvalue weighted by molar-refractivity contribution is -0.138. The number of piperidine rings is 1. The summed E-state index contributed by atoms with van der Waals surface area (Å²) >= 11 is 0. The van der Waals surface area contributed by atoms with E-state index in [1.165, 1.54) is 29.5 Å². The molecule has 2 amide bonds. The van der Waals surface area contributed by atoms with Crippen molar-refractivity contribution in [1.82, 2.24) is 9.80 Å². The second-order valence-electron chi connectivity index (χ2n) is 11.8. The first-order valence-corrected chi connectivity index (χ1v) is 15.0. The fraction of sp³-hybridized carbons (Fsp3) is 0.576. The number of amides is 2. The minimum Gasteiger partial charge on any atom is -0.493 e. The summed E-state index contributed by atoms with van der Waals surface area (Å²) in [6.07, 6.45) is 11.9. The van der Waals surface area contributed by atoms with Gasteiger partial charge in [-0.1, -0.05) is 36.8 Å². The lowest BCUT2D eigenvalue weighted by Crippen LogP contribution is -2.49. The van der Waals surface area contributed by atoms with Crippen LogP contribution in [-0.4, -0.2) is 61.5 Å². The van der Waals surface area contributed by atoms with Gasteiger partial charge in [-0.25, -0.2) is 0 Å². The Bertz CT molecular complexity index is 1140. The quantitative estimate of drug-likeness (QED) is 0.517. The molecule has 1 spiro atoms. The summed E-state index contributed by atoms with van der Waals surface area (Å²) in [6, 6.07) is 14.5. The Kier molecular flexibility index (Phi) is 9.10. The Morgan fingerprint density at radius 1 is 0.872 bits per heavy atom. The largest absolute Gasteiger partial charge is 0.493 e. The highest BCUT2D eigenvalue weighted by Crippen LogP contribution is 2.38. The average Bonchev–Trinajstić information content (AvgIpc) is 2.96. The van der Waals surface area contributed by atoms with E-state index in [1.54, 1.807) is 0 Å². The van der Waals surface area contributed by atoms with E-state index in [0.29, 0.717) is 13.0 Å². The number of aryl methyl sites for hydroxylation is 2. The summed E-state index contributed by atoms with van der Waals surface area (Å²) in [7, 11) is 1.94. The Labute approximate surface area is 233 Å². The van der Waals surface area contributed by atoms with E-state index in [-0.39, 0.29) is 23.8 Å². The summed E-state index contributed by atoms with van der Waals surface area (Å²) in [5.41, 5.74) is 3.97. The lowest BCUT2D eigenvalue weighted by atomic mass is 9.73. The summed E-state index contributed by atoms with van der Waals surface area (Å²) in [6.45, 7) is 2.88. The molecule has 0 atom stereocenters. The van der Waals surface area contributed by atoms with Crippen molar-refractivity contribution in [1.29, 1.82) is 0 Å². The maximum atomic E-state index is 13.1. The van der Waals surface area contributed by atoms with E-state index < -0.39 is 0 Å². The van der Waals surface area contributed by atoms with Crippen molar-refractivity contribution >= 4 is 11.8 Å². The molecule has 0 aromatic heterocycles. The molecule has 2 aliphatic heterocycles. The van der Waals surface area contributed by atoms with E-state index in [2.05, 4.69) is 18.2 Å². The number of nitrogens with zero attached hydrogens (tertiary/aromatic N) is 2. The van der Waals surface area contributed by atoms with Crippen molar-refractivity contribution in [2.75, 3.05) is 39.9 Å². The van der Waals surface area contributed by atoms with Crippen molar-refractivity contribution in [2.24, 2.45) is 5.41 Å². The Morgan fingerprint density at radius 3 is 2.49 bits per heavy atom. The molecule has 1 saturated heterocycles. The van der Waals surface area contributed by atoms with Gasteiger partial charge in [0.1, 0.15) is 11.5 Å². The molecule has 6 nitrogen and oxygen atoms in total. The van der Waals surface area contributed by atoms with Gasteiger partial charge in [-0.05, 0) is 98.4 Å². The van der Waals surface area contributed by atoms with Gasteiger partial charge in [-0.15, -0.1) is 0 Å². The van der Waals surface area contributed by atoms with E-state index in [9.17, 15) is 9.59 Å². The molecule has 6 heteroatoms. The minimum absolute atomic E-state index is 0.0562. The Morgan fingerprint density at radius 2 is 1.62 bits per heavy atom. The van der Waals surface area contributed by atoms with Crippen LogP contribution in [0.1, 0.15) is 74.5 Å². The van der Waals surface area contributed by atoms with Gasteiger partial charge in [0.05, 0.1) is 6.61 Å². The zero-order valence-corrected chi connectivity index (χ0v) is 23.6. The molecule has 2 aromatic carbocycles. The lowest BCUT2D eigenvalue weighted by Gasteiger charge is -2.44. The number of rotatable bonds is 3. The number of para-hydroxylation sites is 1. The molecule has 1 fully saturated rings. The zero-order chi connectivity index (χ0) is 27.1. The van der Waals surface area contributed by atoms with Crippen LogP contribution in [-0.2, 0) is 28.9 Å². The van der Waals surface area contributed by atoms with Crippen molar-refractivity contribution < 1.29 is 19.1 Å². The third-order valence-corrected chi connectivity index (χ3v) is 9.05. The third-order valence-electron chi connectivity index (χ3n) is 9.05. The van der Waals surface area contributed by atoms with Crippen molar-refractivity contribution in [3.05, 3.63) is 59.2 Å². The maximum absolute atomic E-state index is 13.1. The van der Waals surface area contributed by atoms with Gasteiger partial charge in [0.25, 0.3) is 5.91 Å². The fourth-order valence-electron chi connectivity index (χ4n) is 6.68. The van der Waals surface area contributed by atoms with Gasteiger partial charge in [-0.2, -0.15) is 0 Å². The first-order chi connectivity index (χ1) is 19.0. The van der Waals surface area contributed by atoms with Gasteiger partial charge < -0.3 is 19.3 Å². The number of likely N-dealkylation sites (tertiary alicyclic amines) is 1. The van der Waals surface area contributed by atoms with Gasteiger partial charge >= 0.3 is 0 Å². The molecule has 0 bridgehead atoms. The first-order valence-electron chi connectivity index (χ1n) is 15.0. The predicted molar refractivity (Wildman–Crippen MR) is 153 cm³/mol. The first kappa shape index (κ1) is 27.5. The average molecular weight is 533 g/mol. The second-order valence-corrected chi connectivity index (χ2v) is 11.8. The Hall–Kier alpha value is -3.02. The van der Waals surface area contributed by atoms with E-state index in [4.69, 9.17) is 9.47 Å². The molecule has 0 N–H and O–H groups in total. The topological polar surface area (TPSA) is 59.1 Å². The summed E-state index contributed by atoms with van der Waals surface area (Å²) in [5.74, 6) is 2.09. The molecular weight excluding hydrogens is 488 g/mol. The number of fused-ring (bicyclic) bond motifs is 2. The smallest absolute Gasteiger partial charge is 0.260 e. The van der Waals surface area contributed by atoms with Crippen molar-refractivity contribution in [3.8, 4) is 11.5 Å². The molecule has 0 saturated carbocycles. The van der Waals surface area contributed by atoms with Crippen LogP contribution in [0.4, 0.5) is 0 Å². The molecule has 3 aliphatic rings. The van der Waals surface area contributed by atoms with Gasteiger partial charge in [0.15, 0.2) is 6.61 Å². The SMILES string of the molecule is CN1CC2(CCCCc3ccccc3OCCCC1=O)CCN(C(=O)COc1cccc3c1CCCC3)CC2. The number of hydrogen-bond acceptors (Lipinski definition) is 4. The molecule has 1 aliphatic carbocycles. The summed E-state index contributed by atoms with van der Waals surface area (Å²) in [4.78, 5) is 30.0. The number of ether oxygens (including phenoxy) is 2. The van der Waals surface area contributed by atoms with Crippen LogP contribution in [0.5, 0.6) is 11.5 Å². The van der Waals surface area contributed by atoms with Crippen molar-refractivity contribution in [3.63, 3.8) is 0 Å². The molecule has 5 rings (SSSR count). The Balaban J connectivity index is 1.19. The predicted octanol–water partition coefficient (Wildman–Crippen LogP) is 5.60. The van der Waals surface area contributed by atoms with Crippen molar-refractivity contribution in [2.45, 2.75) is 77.0 Å². The fourth-order valence-corrected chi connectivity index (χ4v) is 6.68. The maximum Gasteiger partial charge on any atom is 0.260 e. The van der Waals surface area contributed by atoms with Gasteiger partial charge in [0, 0.05) is 33.1 Å². The highest BCUT2D eigenvalue weighted by Gasteiger charge is 2.37. The van der Waals surface area contributed by atoms with Crippen LogP contribution in [0.2, 0.25) is 0 Å². The number of carbonyl (C=O) groups excluding carboxylic acids is 2. The molecule has 2 heterocycles. The zero-order valence-electron chi connectivity index (χ0n) is 23.6. The molecule has 39 heavy (non-hydrogen) atoms. The normalized spacial score (nSPS) is 20.4. The van der Waals surface area contributed by atoms with Crippen LogP contribution in [0, 0.1) is 5.41 Å². The van der Waals surface area contributed by atoms with Crippen LogP contribution >= 0.6 is 0 Å². The second kappa shape index (κ2) is 12.9. The molecular formula is C33H44N2O4. The van der Waals surface area contributed by atoms with Crippen LogP contribution in [0.15, 0.2) is 42.5 Å². The standard InChI is InChI=1S/C33H44N2O4/c1-34-25-33(18-7-6-12-27-11-3-5-15-29(27)38-23-9-17-31(34)36)19-21-35(22-20-33)32(37)24-39-30-16-8-13-26-10-2-4-14-28(26)30/h3,5,8,11,13,15-16H,2,4,6-7,9-10,12,14,17-25H2,1H3. The summed E-state index contributed by atoms with van der Waals surface area (Å²) < 4.78 is 12.1. The van der Waals surface area contributed by atoms with Crippen LogP contribution in [0.25, 0.3) is 0 Å². The molecule has 0 unspecified atom stereocenters. The third kappa shape index (κ3) is 6.95. The van der Waals surface area contributed by atoms with Gasteiger partial charge in [0.2, 0.25) is 5.91 Å². The van der Waals surface area contributed by atoms with E-state index in [1.807, 2.05) is 41.1 Å². The molecule has 0 radical (unpaired) electrons. The highest BCUT2D eigenvalue weighted by atomic mass is 16.5. The van der Waals surface area contributed by atoms with Crippen LogP contribution < -0.4 is 9.47 Å². The summed E-state index contributed by atoms with van der Waals surface area (Å²) in [5, 5.41) is 0. The number of hydrogen-bond donors (Lipinski definition) is 0. The highest BCUT2D eigenvalue weighted by molar-refractivity contribution is 5.78. The van der Waals surface area contributed by atoms with Gasteiger partial charge in [-0.3, -0.25) is 9.59 Å².